The molecule has 0 bridgehead atoms. The van der Waals surface area contributed by atoms with E-state index in [1.54, 1.807) is 72.8 Å². The fourth-order valence-electron chi connectivity index (χ4n) is 4.26. The van der Waals surface area contributed by atoms with E-state index < -0.39 is 17.7 Å². The van der Waals surface area contributed by atoms with E-state index >= 15 is 0 Å². The van der Waals surface area contributed by atoms with Crippen molar-refractivity contribution in [2.75, 3.05) is 23.9 Å². The summed E-state index contributed by atoms with van der Waals surface area (Å²) in [6.07, 6.45) is 0. The lowest BCUT2D eigenvalue weighted by Crippen LogP contribution is -2.29. The SMILES string of the molecule is COc1cccc(C2/C(=C(/O)c3ccc(OCC(C)C)cc3)C(=O)C(=O)N2c2ccc(NC(C)=O)cc2)c1. The van der Waals surface area contributed by atoms with Crippen LogP contribution in [0.25, 0.3) is 5.76 Å². The monoisotopic (exact) mass is 514 g/mol. The Morgan fingerprint density at radius 2 is 1.68 bits per heavy atom. The van der Waals surface area contributed by atoms with Gasteiger partial charge in [0.1, 0.15) is 17.3 Å². The molecule has 1 unspecified atom stereocenters. The normalized spacial score (nSPS) is 16.6. The van der Waals surface area contributed by atoms with Gasteiger partial charge < -0.3 is 19.9 Å². The van der Waals surface area contributed by atoms with Gasteiger partial charge in [-0.15, -0.1) is 0 Å². The second kappa shape index (κ2) is 11.2. The first-order valence-electron chi connectivity index (χ1n) is 12.3. The molecule has 0 aromatic heterocycles. The fraction of sp³-hybridized carbons (Fsp3) is 0.233. The molecule has 2 N–H and O–H groups in total. The van der Waals surface area contributed by atoms with Crippen LogP contribution in [0.3, 0.4) is 0 Å². The molecule has 2 amide bonds. The van der Waals surface area contributed by atoms with E-state index in [1.807, 2.05) is 13.8 Å². The summed E-state index contributed by atoms with van der Waals surface area (Å²) >= 11 is 0. The quantitative estimate of drug-likeness (QED) is 0.240. The lowest BCUT2D eigenvalue weighted by atomic mass is 9.95. The molecule has 1 atom stereocenters. The van der Waals surface area contributed by atoms with Gasteiger partial charge in [-0.1, -0.05) is 26.0 Å². The zero-order valence-corrected chi connectivity index (χ0v) is 21.7. The van der Waals surface area contributed by atoms with E-state index in [1.165, 1.54) is 18.9 Å². The molecule has 3 aromatic carbocycles. The summed E-state index contributed by atoms with van der Waals surface area (Å²) in [6.45, 7) is 6.04. The highest BCUT2D eigenvalue weighted by Crippen LogP contribution is 2.43. The molecule has 4 rings (SSSR count). The van der Waals surface area contributed by atoms with Crippen molar-refractivity contribution < 1.29 is 29.0 Å². The number of nitrogens with one attached hydrogen (secondary N) is 1. The second-order valence-electron chi connectivity index (χ2n) is 9.40. The third-order valence-electron chi connectivity index (χ3n) is 6.03. The Morgan fingerprint density at radius 3 is 2.29 bits per heavy atom. The number of hydrogen-bond donors (Lipinski definition) is 2. The van der Waals surface area contributed by atoms with Crippen LogP contribution < -0.4 is 19.7 Å². The average Bonchev–Trinajstić information content (AvgIpc) is 3.17. The van der Waals surface area contributed by atoms with E-state index in [-0.39, 0.29) is 17.2 Å². The van der Waals surface area contributed by atoms with E-state index in [9.17, 15) is 19.5 Å². The van der Waals surface area contributed by atoms with Crippen molar-refractivity contribution in [2.45, 2.75) is 26.8 Å². The van der Waals surface area contributed by atoms with Crippen LogP contribution in [-0.2, 0) is 14.4 Å². The van der Waals surface area contributed by atoms with Crippen LogP contribution in [-0.4, -0.2) is 36.4 Å². The van der Waals surface area contributed by atoms with Gasteiger partial charge in [-0.3, -0.25) is 19.3 Å². The van der Waals surface area contributed by atoms with E-state index in [0.717, 1.165) is 0 Å². The predicted octanol–water partition coefficient (Wildman–Crippen LogP) is 5.31. The molecule has 0 radical (unpaired) electrons. The number of amides is 2. The Hall–Kier alpha value is -4.59. The largest absolute Gasteiger partial charge is 0.507 e. The summed E-state index contributed by atoms with van der Waals surface area (Å²) in [5.41, 5.74) is 1.92. The number of nitrogens with zero attached hydrogens (tertiary/aromatic N) is 1. The first-order chi connectivity index (χ1) is 18.2. The van der Waals surface area contributed by atoms with Crippen molar-refractivity contribution in [3.63, 3.8) is 0 Å². The molecule has 38 heavy (non-hydrogen) atoms. The van der Waals surface area contributed by atoms with Crippen molar-refractivity contribution in [1.29, 1.82) is 0 Å². The first kappa shape index (κ1) is 26.5. The third-order valence-corrected chi connectivity index (χ3v) is 6.03. The number of anilines is 2. The van der Waals surface area contributed by atoms with Gasteiger partial charge in [0.2, 0.25) is 5.91 Å². The third kappa shape index (κ3) is 5.54. The number of aliphatic hydroxyl groups is 1. The minimum absolute atomic E-state index is 0.0370. The highest BCUT2D eigenvalue weighted by Gasteiger charge is 2.47. The molecule has 1 aliphatic rings. The molecule has 3 aromatic rings. The Balaban J connectivity index is 1.80. The van der Waals surface area contributed by atoms with E-state index in [2.05, 4.69) is 5.32 Å². The maximum Gasteiger partial charge on any atom is 0.300 e. The smallest absolute Gasteiger partial charge is 0.300 e. The molecule has 1 aliphatic heterocycles. The van der Waals surface area contributed by atoms with Crippen molar-refractivity contribution in [3.8, 4) is 11.5 Å². The molecule has 1 saturated heterocycles. The molecule has 1 fully saturated rings. The number of Topliss-reactive ketones (excluding diaryl/α,β-unsaturated/α-hetero) is 1. The highest BCUT2D eigenvalue weighted by molar-refractivity contribution is 6.51. The predicted molar refractivity (Wildman–Crippen MR) is 145 cm³/mol. The molecule has 0 spiro atoms. The molecule has 0 saturated carbocycles. The number of ketones is 1. The van der Waals surface area contributed by atoms with E-state index in [4.69, 9.17) is 9.47 Å². The number of carbonyl (C=O) groups excluding carboxylic acids is 3. The number of ether oxygens (including phenoxy) is 2. The molecular formula is C30H30N2O6. The van der Waals surface area contributed by atoms with Gasteiger partial charge in [0.15, 0.2) is 0 Å². The zero-order chi connectivity index (χ0) is 27.4. The van der Waals surface area contributed by atoms with Gasteiger partial charge in [0, 0.05) is 23.9 Å². The molecule has 8 heteroatoms. The number of rotatable bonds is 8. The van der Waals surface area contributed by atoms with Gasteiger partial charge in [-0.2, -0.15) is 0 Å². The lowest BCUT2D eigenvalue weighted by Gasteiger charge is -2.26. The maximum atomic E-state index is 13.4. The summed E-state index contributed by atoms with van der Waals surface area (Å²) < 4.78 is 11.1. The van der Waals surface area contributed by atoms with Crippen LogP contribution in [0.15, 0.2) is 78.4 Å². The van der Waals surface area contributed by atoms with Crippen molar-refractivity contribution in [2.24, 2.45) is 5.92 Å². The highest BCUT2D eigenvalue weighted by atomic mass is 16.5. The van der Waals surface area contributed by atoms with Crippen LogP contribution in [0, 0.1) is 5.92 Å². The topological polar surface area (TPSA) is 105 Å². The Morgan fingerprint density at radius 1 is 1.00 bits per heavy atom. The second-order valence-corrected chi connectivity index (χ2v) is 9.40. The summed E-state index contributed by atoms with van der Waals surface area (Å²) in [6, 6.07) is 19.4. The van der Waals surface area contributed by atoms with Crippen LogP contribution in [0.5, 0.6) is 11.5 Å². The first-order valence-corrected chi connectivity index (χ1v) is 12.3. The van der Waals surface area contributed by atoms with Gasteiger partial charge in [-0.05, 0) is 72.1 Å². The number of carbonyl (C=O) groups is 3. The zero-order valence-electron chi connectivity index (χ0n) is 21.7. The summed E-state index contributed by atoms with van der Waals surface area (Å²) in [7, 11) is 1.53. The number of benzene rings is 3. The average molecular weight is 515 g/mol. The number of aliphatic hydroxyl groups excluding tert-OH is 1. The number of methoxy groups -OCH3 is 1. The summed E-state index contributed by atoms with van der Waals surface area (Å²) in [5.74, 6) is -0.557. The van der Waals surface area contributed by atoms with Gasteiger partial charge in [0.25, 0.3) is 11.7 Å². The molecule has 1 heterocycles. The summed E-state index contributed by atoms with van der Waals surface area (Å²) in [4.78, 5) is 39.5. The minimum atomic E-state index is -0.909. The Kier molecular flexibility index (Phi) is 7.81. The molecule has 8 nitrogen and oxygen atoms in total. The number of hydrogen-bond acceptors (Lipinski definition) is 6. The van der Waals surface area contributed by atoms with Crippen LogP contribution in [0.4, 0.5) is 11.4 Å². The van der Waals surface area contributed by atoms with Crippen LogP contribution in [0.1, 0.15) is 37.9 Å². The Labute approximate surface area is 221 Å². The van der Waals surface area contributed by atoms with E-state index in [0.29, 0.717) is 46.5 Å². The molecular weight excluding hydrogens is 484 g/mol. The summed E-state index contributed by atoms with van der Waals surface area (Å²) in [5, 5.41) is 14.0. The van der Waals surface area contributed by atoms with Crippen molar-refractivity contribution >= 4 is 34.7 Å². The standard InChI is InChI=1S/C30H30N2O6/c1-18(2)17-38-24-14-8-20(9-15-24)28(34)26-27(21-6-5-7-25(16-21)37-4)32(30(36)29(26)35)23-12-10-22(11-13-23)31-19(3)33/h5-16,18,27,34H,17H2,1-4H3,(H,31,33)/b28-26-. The van der Waals surface area contributed by atoms with Gasteiger partial charge in [0.05, 0.1) is 25.3 Å². The lowest BCUT2D eigenvalue weighted by molar-refractivity contribution is -0.132. The van der Waals surface area contributed by atoms with Crippen LogP contribution in [0.2, 0.25) is 0 Å². The van der Waals surface area contributed by atoms with Gasteiger partial charge >= 0.3 is 0 Å². The molecule has 0 aliphatic carbocycles. The molecule has 196 valence electrons. The van der Waals surface area contributed by atoms with Gasteiger partial charge in [-0.25, -0.2) is 0 Å². The van der Waals surface area contributed by atoms with Crippen LogP contribution >= 0.6 is 0 Å². The minimum Gasteiger partial charge on any atom is -0.507 e. The maximum absolute atomic E-state index is 13.4. The van der Waals surface area contributed by atoms with Crippen molar-refractivity contribution in [1.82, 2.24) is 0 Å². The fourth-order valence-corrected chi connectivity index (χ4v) is 4.26. The van der Waals surface area contributed by atoms with Crippen molar-refractivity contribution in [3.05, 3.63) is 89.5 Å². The Bertz CT molecular complexity index is 1380.